The molecule has 1 saturated carbocycles. The van der Waals surface area contributed by atoms with Gasteiger partial charge in [-0.3, -0.25) is 14.4 Å². The summed E-state index contributed by atoms with van der Waals surface area (Å²) in [6.45, 7) is 11.5. The van der Waals surface area contributed by atoms with Gasteiger partial charge in [0.15, 0.2) is 0 Å². The molecule has 10 heteroatoms. The van der Waals surface area contributed by atoms with Gasteiger partial charge in [0.2, 0.25) is 17.7 Å². The first kappa shape index (κ1) is 34.6. The van der Waals surface area contributed by atoms with Crippen LogP contribution in [0.1, 0.15) is 71.1 Å². The zero-order valence-corrected chi connectivity index (χ0v) is 28.7. The second-order valence-electron chi connectivity index (χ2n) is 13.1. The van der Waals surface area contributed by atoms with Gasteiger partial charge in [0.1, 0.15) is 17.4 Å². The Labute approximate surface area is 282 Å². The average Bonchev–Trinajstić information content (AvgIpc) is 3.66. The number of halogens is 1. The van der Waals surface area contributed by atoms with Gasteiger partial charge in [-0.15, -0.1) is 13.2 Å². The highest BCUT2D eigenvalue weighted by molar-refractivity contribution is 9.09. The number of unbranched alkanes of at least 4 members (excludes halogenated alkanes) is 3. The lowest BCUT2D eigenvalue weighted by Crippen LogP contribution is -2.59. The van der Waals surface area contributed by atoms with Gasteiger partial charge in [0, 0.05) is 42.8 Å². The van der Waals surface area contributed by atoms with Crippen molar-refractivity contribution < 1.29 is 29.0 Å². The Bertz CT molecular complexity index is 1250. The fourth-order valence-electron chi connectivity index (χ4n) is 8.31. The van der Waals surface area contributed by atoms with E-state index in [0.29, 0.717) is 50.4 Å². The van der Waals surface area contributed by atoms with E-state index in [-0.39, 0.29) is 41.7 Å². The third kappa shape index (κ3) is 6.54. The Balaban J connectivity index is 1.50. The zero-order chi connectivity index (χ0) is 32.8. The fourth-order valence-corrected chi connectivity index (χ4v) is 9.25. The lowest BCUT2D eigenvalue weighted by atomic mass is 9.70. The molecule has 3 aliphatic heterocycles. The molecule has 1 aromatic rings. The van der Waals surface area contributed by atoms with Crippen molar-refractivity contribution in [2.45, 2.75) is 99.7 Å². The molecule has 3 amide bonds. The summed E-state index contributed by atoms with van der Waals surface area (Å²) in [5.41, 5.74) is -0.421. The van der Waals surface area contributed by atoms with Crippen LogP contribution in [0.4, 0.5) is 5.69 Å². The maximum Gasteiger partial charge on any atom is 0.248 e. The summed E-state index contributed by atoms with van der Waals surface area (Å²) < 4.78 is 12.4. The van der Waals surface area contributed by atoms with Gasteiger partial charge in [-0.25, -0.2) is 0 Å². The number of aliphatic hydroxyl groups excluding tert-OH is 1. The van der Waals surface area contributed by atoms with Crippen molar-refractivity contribution >= 4 is 39.3 Å². The summed E-state index contributed by atoms with van der Waals surface area (Å²) in [6, 6.07) is 6.64. The highest BCUT2D eigenvalue weighted by atomic mass is 79.9. The maximum atomic E-state index is 14.8. The van der Waals surface area contributed by atoms with Crippen LogP contribution in [0.5, 0.6) is 5.75 Å². The third-order valence-corrected chi connectivity index (χ3v) is 11.1. The fraction of sp³-hybridized carbons (Fsp3) is 0.639. The molecule has 1 spiro atoms. The molecule has 3 heterocycles. The van der Waals surface area contributed by atoms with Crippen LogP contribution >= 0.6 is 15.9 Å². The Hall–Kier alpha value is -2.69. The average molecular weight is 701 g/mol. The quantitative estimate of drug-likeness (QED) is 0.144. The highest BCUT2D eigenvalue weighted by Gasteiger charge is 2.77. The number of rotatable bonds is 16. The highest BCUT2D eigenvalue weighted by Crippen LogP contribution is 2.60. The largest absolute Gasteiger partial charge is 0.494 e. The van der Waals surface area contributed by atoms with Crippen molar-refractivity contribution in [2.75, 3.05) is 37.7 Å². The molecule has 2 bridgehead atoms. The third-order valence-electron chi connectivity index (χ3n) is 10.3. The molecule has 0 radical (unpaired) electrons. The second-order valence-corrected chi connectivity index (χ2v) is 14.2. The Morgan fingerprint density at radius 2 is 1.76 bits per heavy atom. The van der Waals surface area contributed by atoms with Crippen LogP contribution in [-0.4, -0.2) is 94.1 Å². The number of carbonyl (C=O) groups is 3. The molecule has 1 aromatic carbocycles. The van der Waals surface area contributed by atoms with Gasteiger partial charge in [0.05, 0.1) is 24.5 Å². The van der Waals surface area contributed by atoms with E-state index < -0.39 is 29.6 Å². The number of aliphatic hydroxyl groups is 1. The van der Waals surface area contributed by atoms with Crippen molar-refractivity contribution in [2.24, 2.45) is 11.8 Å². The van der Waals surface area contributed by atoms with Gasteiger partial charge >= 0.3 is 0 Å². The summed E-state index contributed by atoms with van der Waals surface area (Å²) in [7, 11) is 0. The number of fused-ring (bicyclic) bond motifs is 1. The molecule has 46 heavy (non-hydrogen) atoms. The topological polar surface area (TPSA) is 99.6 Å². The van der Waals surface area contributed by atoms with E-state index in [1.807, 2.05) is 36.1 Å². The molecular formula is C36H50BrN3O6. The van der Waals surface area contributed by atoms with E-state index >= 15 is 0 Å². The Morgan fingerprint density at radius 3 is 2.41 bits per heavy atom. The standard InChI is InChI=1S/C36H50BrN3O6/c1-4-20-38(26-16-18-27(19-17-26)45-6-3)33(42)29-30-34(43)40(22-12-7-8-13-23-41)32(36(30)24-28(37)31(29)46-36)35(44)39(21-5-2)25-14-10-9-11-15-25/h4-5,16-19,25,28-32,41H,1-2,6-15,20-24H2,3H3/t28?,29-,30-,31-,32?,36?/m0/s1. The minimum Gasteiger partial charge on any atom is -0.494 e. The number of hydrogen-bond donors (Lipinski definition) is 1. The minimum absolute atomic E-state index is 0.0924. The molecule has 1 aliphatic carbocycles. The van der Waals surface area contributed by atoms with Gasteiger partial charge in [-0.05, 0) is 63.3 Å². The molecule has 6 atom stereocenters. The van der Waals surface area contributed by atoms with Crippen molar-refractivity contribution in [3.05, 3.63) is 49.6 Å². The van der Waals surface area contributed by atoms with E-state index in [9.17, 15) is 19.5 Å². The van der Waals surface area contributed by atoms with Gasteiger partial charge in [-0.2, -0.15) is 0 Å². The lowest BCUT2D eigenvalue weighted by Gasteiger charge is -2.41. The molecular weight excluding hydrogens is 650 g/mol. The summed E-state index contributed by atoms with van der Waals surface area (Å²) in [5, 5.41) is 9.27. The van der Waals surface area contributed by atoms with Gasteiger partial charge in [-0.1, -0.05) is 60.2 Å². The van der Waals surface area contributed by atoms with Gasteiger partial charge in [0.25, 0.3) is 0 Å². The van der Waals surface area contributed by atoms with Crippen LogP contribution in [0.3, 0.4) is 0 Å². The number of likely N-dealkylation sites (tertiary alicyclic amines) is 1. The summed E-state index contributed by atoms with van der Waals surface area (Å²) in [6.07, 6.45) is 11.6. The normalized spacial score (nSPS) is 28.6. The number of alkyl halides is 1. The number of carbonyl (C=O) groups excluding carboxylic acids is 3. The number of amides is 3. The van der Waals surface area contributed by atoms with Crippen LogP contribution in [-0.2, 0) is 19.1 Å². The van der Waals surface area contributed by atoms with Crippen LogP contribution < -0.4 is 9.64 Å². The van der Waals surface area contributed by atoms with Crippen LogP contribution in [0, 0.1) is 11.8 Å². The van der Waals surface area contributed by atoms with E-state index in [1.165, 1.54) is 0 Å². The molecule has 3 unspecified atom stereocenters. The monoisotopic (exact) mass is 699 g/mol. The van der Waals surface area contributed by atoms with Crippen molar-refractivity contribution in [1.29, 1.82) is 0 Å². The maximum absolute atomic E-state index is 14.8. The lowest BCUT2D eigenvalue weighted by molar-refractivity contribution is -0.150. The molecule has 4 aliphatic rings. The van der Waals surface area contributed by atoms with Crippen LogP contribution in [0.15, 0.2) is 49.6 Å². The Morgan fingerprint density at radius 1 is 1.07 bits per heavy atom. The summed E-state index contributed by atoms with van der Waals surface area (Å²) >= 11 is 3.82. The van der Waals surface area contributed by atoms with E-state index in [4.69, 9.17) is 9.47 Å². The van der Waals surface area contributed by atoms with E-state index in [2.05, 4.69) is 29.1 Å². The molecule has 5 rings (SSSR count). The van der Waals surface area contributed by atoms with Crippen LogP contribution in [0.25, 0.3) is 0 Å². The number of anilines is 1. The molecule has 3 saturated heterocycles. The predicted octanol–water partition coefficient (Wildman–Crippen LogP) is 5.25. The Kier molecular flexibility index (Phi) is 11.7. The number of ether oxygens (including phenoxy) is 2. The predicted molar refractivity (Wildman–Crippen MR) is 182 cm³/mol. The second kappa shape index (κ2) is 15.5. The minimum atomic E-state index is -1.11. The van der Waals surface area contributed by atoms with Crippen molar-refractivity contribution in [1.82, 2.24) is 9.80 Å². The van der Waals surface area contributed by atoms with E-state index in [0.717, 1.165) is 44.9 Å². The van der Waals surface area contributed by atoms with Crippen LogP contribution in [0.2, 0.25) is 0 Å². The zero-order valence-electron chi connectivity index (χ0n) is 27.2. The number of nitrogens with zero attached hydrogens (tertiary/aromatic N) is 3. The first-order valence-electron chi connectivity index (χ1n) is 17.1. The molecule has 0 aromatic heterocycles. The molecule has 1 N–H and O–H groups in total. The molecule has 252 valence electrons. The first-order chi connectivity index (χ1) is 22.3. The van der Waals surface area contributed by atoms with Crippen molar-refractivity contribution in [3.63, 3.8) is 0 Å². The smallest absolute Gasteiger partial charge is 0.248 e. The molecule has 9 nitrogen and oxygen atoms in total. The van der Waals surface area contributed by atoms with Crippen molar-refractivity contribution in [3.8, 4) is 5.75 Å². The van der Waals surface area contributed by atoms with Gasteiger partial charge < -0.3 is 29.3 Å². The first-order valence-corrected chi connectivity index (χ1v) is 18.0. The number of hydrogen-bond acceptors (Lipinski definition) is 6. The van der Waals surface area contributed by atoms with E-state index in [1.54, 1.807) is 22.0 Å². The number of benzene rings is 1. The summed E-state index contributed by atoms with van der Waals surface area (Å²) in [5.74, 6) is -1.28. The SMILES string of the molecule is C=CCN(C(=O)[C@H]1[C@H]2C(=O)N(CCCCCCO)C(C(=O)N(CC=C)C3CCCCC3)C23CC(Br)[C@@H]1O3)c1ccc(OCC)cc1. The summed E-state index contributed by atoms with van der Waals surface area (Å²) in [4.78, 5) is 49.2. The molecule has 4 fully saturated rings.